The number of rotatable bonds is 7. The summed E-state index contributed by atoms with van der Waals surface area (Å²) in [5.74, 6) is -1.81. The minimum Gasteiger partial charge on any atom is -0.475 e. The summed E-state index contributed by atoms with van der Waals surface area (Å²) in [6, 6.07) is 0. The number of carbonyl (C=O) groups excluding carboxylic acids is 1. The lowest BCUT2D eigenvalue weighted by Gasteiger charge is -2.17. The van der Waals surface area contributed by atoms with Crippen LogP contribution in [0.5, 0.6) is 0 Å². The third-order valence-corrected chi connectivity index (χ3v) is 3.16. The number of hydrogen-bond donors (Lipinski definition) is 2. The second-order valence-electron chi connectivity index (χ2n) is 6.03. The highest BCUT2D eigenvalue weighted by Gasteiger charge is 2.38. The van der Waals surface area contributed by atoms with E-state index in [1.807, 2.05) is 0 Å². The van der Waals surface area contributed by atoms with Crippen molar-refractivity contribution in [1.82, 2.24) is 20.2 Å². The first kappa shape index (κ1) is 23.8. The molecule has 1 aromatic rings. The van der Waals surface area contributed by atoms with Crippen molar-refractivity contribution in [2.24, 2.45) is 24.6 Å². The van der Waals surface area contributed by atoms with Crippen molar-refractivity contribution >= 4 is 11.9 Å². The van der Waals surface area contributed by atoms with Gasteiger partial charge in [0.15, 0.2) is 11.9 Å². The molecule has 0 spiro atoms. The summed E-state index contributed by atoms with van der Waals surface area (Å²) in [4.78, 5) is 20.8. The van der Waals surface area contributed by atoms with Gasteiger partial charge in [-0.25, -0.2) is 9.48 Å². The molecule has 1 rings (SSSR count). The smallest absolute Gasteiger partial charge is 0.475 e. The molecule has 12 heteroatoms. The van der Waals surface area contributed by atoms with Crippen LogP contribution >= 0.6 is 0 Å². The van der Waals surface area contributed by atoms with E-state index in [2.05, 4.69) is 29.4 Å². The van der Waals surface area contributed by atoms with E-state index in [1.165, 1.54) is 4.68 Å². The first-order valence-electron chi connectivity index (χ1n) is 7.80. The van der Waals surface area contributed by atoms with Gasteiger partial charge in [-0.15, -0.1) is 5.10 Å². The lowest BCUT2D eigenvalue weighted by Crippen LogP contribution is -2.22. The highest BCUT2D eigenvalue weighted by Crippen LogP contribution is 2.18. The van der Waals surface area contributed by atoms with Crippen LogP contribution < -0.4 is 5.73 Å². The molecule has 2 atom stereocenters. The number of carboxylic acids is 1. The predicted octanol–water partition coefficient (Wildman–Crippen LogP) is 1.46. The molecule has 0 aliphatic rings. The fourth-order valence-electron chi connectivity index (χ4n) is 2.04. The Bertz CT molecular complexity index is 577. The molecule has 0 saturated heterocycles. The summed E-state index contributed by atoms with van der Waals surface area (Å²) in [5.41, 5.74) is 5.67. The number of nitrogens with two attached hydrogens (primary N) is 1. The van der Waals surface area contributed by atoms with Crippen molar-refractivity contribution < 1.29 is 32.6 Å². The quantitative estimate of drug-likeness (QED) is 0.676. The van der Waals surface area contributed by atoms with Gasteiger partial charge in [-0.3, -0.25) is 4.79 Å². The number of ether oxygens (including phenoxy) is 1. The molecule has 26 heavy (non-hydrogen) atoms. The van der Waals surface area contributed by atoms with Gasteiger partial charge in [-0.2, -0.15) is 13.2 Å². The average Bonchev–Trinajstić information content (AvgIpc) is 2.91. The Morgan fingerprint density at radius 1 is 1.31 bits per heavy atom. The Morgan fingerprint density at radius 3 is 2.19 bits per heavy atom. The number of carboxylic acid groups (broad SMARTS) is 1. The van der Waals surface area contributed by atoms with Gasteiger partial charge < -0.3 is 15.6 Å². The Kier molecular flexibility index (Phi) is 9.76. The van der Waals surface area contributed by atoms with Crippen molar-refractivity contribution in [2.45, 2.75) is 45.9 Å². The van der Waals surface area contributed by atoms with Gasteiger partial charge in [0, 0.05) is 13.5 Å². The average molecular weight is 383 g/mol. The summed E-state index contributed by atoms with van der Waals surface area (Å²) in [6.45, 7) is 6.47. The van der Waals surface area contributed by atoms with Crippen LogP contribution in [0, 0.1) is 11.8 Å². The SMILES string of the molecule is CC(C)C[C@H](CN)CC(=O)OC(C)c1nnnn1C.O=C(O)C(F)(F)F. The molecule has 9 nitrogen and oxygen atoms in total. The van der Waals surface area contributed by atoms with E-state index in [0.717, 1.165) is 6.42 Å². The van der Waals surface area contributed by atoms with Gasteiger partial charge >= 0.3 is 18.1 Å². The van der Waals surface area contributed by atoms with Crippen LogP contribution in [0.2, 0.25) is 0 Å². The zero-order valence-electron chi connectivity index (χ0n) is 15.0. The molecule has 3 N–H and O–H groups in total. The Morgan fingerprint density at radius 2 is 1.85 bits per heavy atom. The molecule has 1 heterocycles. The van der Waals surface area contributed by atoms with Crippen LogP contribution in [0.15, 0.2) is 0 Å². The van der Waals surface area contributed by atoms with Crippen molar-refractivity contribution in [3.63, 3.8) is 0 Å². The minimum absolute atomic E-state index is 0.164. The van der Waals surface area contributed by atoms with E-state index < -0.39 is 18.2 Å². The zero-order valence-corrected chi connectivity index (χ0v) is 15.0. The second kappa shape index (κ2) is 10.7. The summed E-state index contributed by atoms with van der Waals surface area (Å²) < 4.78 is 38.6. The molecule has 1 aromatic heterocycles. The summed E-state index contributed by atoms with van der Waals surface area (Å²) >= 11 is 0. The van der Waals surface area contributed by atoms with Gasteiger partial charge in [-0.1, -0.05) is 13.8 Å². The van der Waals surface area contributed by atoms with Gasteiger partial charge in [0.2, 0.25) is 0 Å². The van der Waals surface area contributed by atoms with E-state index in [9.17, 15) is 18.0 Å². The Hall–Kier alpha value is -2.24. The van der Waals surface area contributed by atoms with Gasteiger partial charge in [0.25, 0.3) is 0 Å². The molecule has 0 aliphatic carbocycles. The number of aromatic nitrogens is 4. The fraction of sp³-hybridized carbons (Fsp3) is 0.786. The topological polar surface area (TPSA) is 133 Å². The maximum Gasteiger partial charge on any atom is 0.490 e. The number of halogens is 3. The normalized spacial score (nSPS) is 13.6. The molecular formula is C14H24F3N5O4. The molecule has 1 unspecified atom stereocenters. The Balaban J connectivity index is 0.000000758. The molecule has 0 fully saturated rings. The highest BCUT2D eigenvalue weighted by atomic mass is 19.4. The number of esters is 1. The number of carbonyl (C=O) groups is 2. The van der Waals surface area contributed by atoms with Gasteiger partial charge in [0.05, 0.1) is 0 Å². The van der Waals surface area contributed by atoms with Crippen molar-refractivity contribution in [2.75, 3.05) is 6.54 Å². The number of aliphatic carboxylic acids is 1. The van der Waals surface area contributed by atoms with Crippen molar-refractivity contribution in [3.8, 4) is 0 Å². The van der Waals surface area contributed by atoms with Crippen LogP contribution in [0.1, 0.15) is 45.5 Å². The molecule has 0 aromatic carbocycles. The van der Waals surface area contributed by atoms with Crippen LogP contribution in [0.25, 0.3) is 0 Å². The van der Waals surface area contributed by atoms with Gasteiger partial charge in [-0.05, 0) is 42.2 Å². The molecule has 0 saturated carbocycles. The van der Waals surface area contributed by atoms with Gasteiger partial charge in [0.1, 0.15) is 0 Å². The lowest BCUT2D eigenvalue weighted by molar-refractivity contribution is -0.192. The predicted molar refractivity (Wildman–Crippen MR) is 83.6 cm³/mol. The van der Waals surface area contributed by atoms with Crippen LogP contribution in [0.4, 0.5) is 13.2 Å². The number of alkyl halides is 3. The number of hydrogen-bond acceptors (Lipinski definition) is 7. The molecule has 0 aliphatic heterocycles. The lowest BCUT2D eigenvalue weighted by atomic mass is 9.94. The van der Waals surface area contributed by atoms with E-state index in [0.29, 0.717) is 24.7 Å². The second-order valence-corrected chi connectivity index (χ2v) is 6.03. The minimum atomic E-state index is -5.08. The summed E-state index contributed by atoms with van der Waals surface area (Å²) in [5, 5.41) is 18.2. The molecule has 150 valence electrons. The maximum absolute atomic E-state index is 11.9. The van der Waals surface area contributed by atoms with Crippen LogP contribution in [-0.2, 0) is 21.4 Å². The Labute approximate surface area is 148 Å². The molecule has 0 bridgehead atoms. The number of nitrogens with zero attached hydrogens (tertiary/aromatic N) is 4. The molecule has 0 radical (unpaired) electrons. The highest BCUT2D eigenvalue weighted by molar-refractivity contribution is 5.73. The van der Waals surface area contributed by atoms with Crippen LogP contribution in [-0.4, -0.2) is 50.0 Å². The summed E-state index contributed by atoms with van der Waals surface area (Å²) in [7, 11) is 1.71. The van der Waals surface area contributed by atoms with E-state index in [1.54, 1.807) is 14.0 Å². The number of tetrazole rings is 1. The third-order valence-electron chi connectivity index (χ3n) is 3.16. The molecular weight excluding hydrogens is 359 g/mol. The first-order valence-corrected chi connectivity index (χ1v) is 7.80. The molecule has 0 amide bonds. The van der Waals surface area contributed by atoms with Crippen molar-refractivity contribution in [3.05, 3.63) is 5.82 Å². The zero-order chi connectivity index (χ0) is 20.5. The third kappa shape index (κ3) is 9.30. The van der Waals surface area contributed by atoms with E-state index in [-0.39, 0.29) is 11.9 Å². The standard InChI is InChI=1S/C12H23N5O2.C2HF3O2/c1-8(2)5-10(7-13)6-11(18)19-9(3)12-14-15-16-17(12)4;3-2(4,5)1(6)7/h8-10H,5-7,13H2,1-4H3;(H,6,7)/t9?,10-;/m0./s1. The monoisotopic (exact) mass is 383 g/mol. The van der Waals surface area contributed by atoms with Crippen molar-refractivity contribution in [1.29, 1.82) is 0 Å². The fourth-order valence-corrected chi connectivity index (χ4v) is 2.04. The maximum atomic E-state index is 11.9. The first-order chi connectivity index (χ1) is 11.9. The summed E-state index contributed by atoms with van der Waals surface area (Å²) in [6.07, 6.45) is -4.28. The van der Waals surface area contributed by atoms with E-state index in [4.69, 9.17) is 20.4 Å². The van der Waals surface area contributed by atoms with E-state index >= 15 is 0 Å². The largest absolute Gasteiger partial charge is 0.490 e. The number of aryl methyl sites for hydroxylation is 1. The van der Waals surface area contributed by atoms with Crippen LogP contribution in [0.3, 0.4) is 0 Å².